The summed E-state index contributed by atoms with van der Waals surface area (Å²) in [6.45, 7) is 10.8. The highest BCUT2D eigenvalue weighted by atomic mass is 79.9. The molecule has 19 heavy (non-hydrogen) atoms. The van der Waals surface area contributed by atoms with Crippen LogP contribution in [-0.2, 0) is 6.54 Å². The van der Waals surface area contributed by atoms with Crippen LogP contribution in [0, 0.1) is 0 Å². The predicted molar refractivity (Wildman–Crippen MR) is 86.8 cm³/mol. The molecule has 1 aliphatic carbocycles. The zero-order chi connectivity index (χ0) is 14.0. The Morgan fingerprint density at radius 3 is 2.47 bits per heavy atom. The minimum Gasteiger partial charge on any atom is -0.369 e. The first kappa shape index (κ1) is 14.9. The fourth-order valence-electron chi connectivity index (χ4n) is 2.26. The minimum atomic E-state index is 0.154. The Balaban J connectivity index is 2.08. The summed E-state index contributed by atoms with van der Waals surface area (Å²) < 4.78 is 1.21. The van der Waals surface area contributed by atoms with Crippen LogP contribution in [0.15, 0.2) is 22.7 Å². The smallest absolute Gasteiger partial charge is 0.0380 e. The van der Waals surface area contributed by atoms with E-state index in [9.17, 15) is 0 Å². The zero-order valence-corrected chi connectivity index (χ0v) is 14.0. The normalized spacial score (nSPS) is 15.6. The second-order valence-corrected chi connectivity index (χ2v) is 7.25. The molecule has 0 aromatic heterocycles. The Morgan fingerprint density at radius 1 is 1.32 bits per heavy atom. The van der Waals surface area contributed by atoms with Crippen LogP contribution in [0.25, 0.3) is 0 Å². The van der Waals surface area contributed by atoms with Crippen molar-refractivity contribution in [3.05, 3.63) is 28.2 Å². The van der Waals surface area contributed by atoms with Gasteiger partial charge in [-0.2, -0.15) is 0 Å². The van der Waals surface area contributed by atoms with E-state index in [1.54, 1.807) is 0 Å². The maximum Gasteiger partial charge on any atom is 0.0380 e. The van der Waals surface area contributed by atoms with E-state index in [0.29, 0.717) is 0 Å². The Morgan fingerprint density at radius 2 is 2.00 bits per heavy atom. The molecule has 0 radical (unpaired) electrons. The van der Waals surface area contributed by atoms with Crippen molar-refractivity contribution in [1.29, 1.82) is 0 Å². The van der Waals surface area contributed by atoms with E-state index in [1.165, 1.54) is 28.6 Å². The number of hydrogen-bond acceptors (Lipinski definition) is 2. The van der Waals surface area contributed by atoms with Crippen LogP contribution in [0.3, 0.4) is 0 Å². The number of rotatable bonds is 5. The molecule has 3 heteroatoms. The largest absolute Gasteiger partial charge is 0.369 e. The third-order valence-corrected chi connectivity index (χ3v) is 4.24. The molecule has 1 fully saturated rings. The number of halogens is 1. The van der Waals surface area contributed by atoms with Gasteiger partial charge in [-0.3, -0.25) is 0 Å². The van der Waals surface area contributed by atoms with Gasteiger partial charge in [0.25, 0.3) is 0 Å². The van der Waals surface area contributed by atoms with Gasteiger partial charge in [-0.1, -0.05) is 22.0 Å². The molecule has 1 saturated carbocycles. The molecule has 1 aliphatic rings. The van der Waals surface area contributed by atoms with Crippen LogP contribution in [-0.4, -0.2) is 18.1 Å². The molecule has 0 spiro atoms. The van der Waals surface area contributed by atoms with Crippen LogP contribution in [0.5, 0.6) is 0 Å². The molecule has 0 bridgehead atoms. The van der Waals surface area contributed by atoms with Gasteiger partial charge in [-0.05, 0) is 58.2 Å². The van der Waals surface area contributed by atoms with Crippen LogP contribution in [0.2, 0.25) is 0 Å². The third-order valence-electron chi connectivity index (χ3n) is 3.51. The molecule has 2 nitrogen and oxygen atoms in total. The molecular weight excluding hydrogens is 300 g/mol. The summed E-state index contributed by atoms with van der Waals surface area (Å²) in [5, 5.41) is 3.53. The van der Waals surface area contributed by atoms with Crippen molar-refractivity contribution in [3.8, 4) is 0 Å². The Labute approximate surface area is 125 Å². The van der Waals surface area contributed by atoms with Gasteiger partial charge in [0.05, 0.1) is 0 Å². The monoisotopic (exact) mass is 324 g/mol. The number of nitrogens with one attached hydrogen (secondary N) is 1. The first-order valence-corrected chi connectivity index (χ1v) is 8.00. The number of hydrogen-bond donors (Lipinski definition) is 1. The van der Waals surface area contributed by atoms with Crippen molar-refractivity contribution in [1.82, 2.24) is 5.32 Å². The Hall–Kier alpha value is -0.540. The Kier molecular flexibility index (Phi) is 4.57. The first-order valence-electron chi connectivity index (χ1n) is 7.21. The molecule has 1 N–H and O–H groups in total. The van der Waals surface area contributed by atoms with Crippen molar-refractivity contribution < 1.29 is 0 Å². The highest BCUT2D eigenvalue weighted by molar-refractivity contribution is 9.10. The molecular formula is C16H25BrN2. The van der Waals surface area contributed by atoms with E-state index in [4.69, 9.17) is 0 Å². The fourth-order valence-corrected chi connectivity index (χ4v) is 2.76. The molecule has 1 aromatic carbocycles. The Bertz CT molecular complexity index is 433. The summed E-state index contributed by atoms with van der Waals surface area (Å²) in [5.74, 6) is 0. The van der Waals surface area contributed by atoms with E-state index >= 15 is 0 Å². The molecule has 0 saturated heterocycles. The van der Waals surface area contributed by atoms with Gasteiger partial charge in [0.1, 0.15) is 0 Å². The second-order valence-electron chi connectivity index (χ2n) is 6.40. The van der Waals surface area contributed by atoms with Gasteiger partial charge in [-0.25, -0.2) is 0 Å². The van der Waals surface area contributed by atoms with Crippen molar-refractivity contribution in [2.45, 2.75) is 58.7 Å². The molecule has 106 valence electrons. The van der Waals surface area contributed by atoms with Crippen molar-refractivity contribution in [2.24, 2.45) is 0 Å². The van der Waals surface area contributed by atoms with Crippen LogP contribution >= 0.6 is 15.9 Å². The average Bonchev–Trinajstić information content (AvgIpc) is 3.12. The molecule has 2 rings (SSSR count). The summed E-state index contributed by atoms with van der Waals surface area (Å²) in [6.07, 6.45) is 2.69. The van der Waals surface area contributed by atoms with Crippen LogP contribution in [0.1, 0.15) is 46.1 Å². The maximum atomic E-state index is 3.72. The number of anilines is 1. The summed E-state index contributed by atoms with van der Waals surface area (Å²) in [6, 6.07) is 7.53. The lowest BCUT2D eigenvalue weighted by molar-refractivity contribution is 0.424. The van der Waals surface area contributed by atoms with Gasteiger partial charge in [0.2, 0.25) is 0 Å². The van der Waals surface area contributed by atoms with E-state index in [-0.39, 0.29) is 5.54 Å². The highest BCUT2D eigenvalue weighted by Gasteiger charge is 2.28. The minimum absolute atomic E-state index is 0.154. The number of nitrogens with zero attached hydrogens (tertiary/aromatic N) is 1. The van der Waals surface area contributed by atoms with E-state index < -0.39 is 0 Å². The summed E-state index contributed by atoms with van der Waals surface area (Å²) in [5.41, 5.74) is 2.82. The van der Waals surface area contributed by atoms with Gasteiger partial charge < -0.3 is 10.2 Å². The summed E-state index contributed by atoms with van der Waals surface area (Å²) >= 11 is 3.72. The highest BCUT2D eigenvalue weighted by Crippen LogP contribution is 2.33. The molecule has 0 aliphatic heterocycles. The first-order chi connectivity index (χ1) is 8.90. The molecule has 0 heterocycles. The summed E-state index contributed by atoms with van der Waals surface area (Å²) in [4.78, 5) is 2.51. The van der Waals surface area contributed by atoms with Gasteiger partial charge in [-0.15, -0.1) is 0 Å². The topological polar surface area (TPSA) is 15.3 Å². The van der Waals surface area contributed by atoms with Gasteiger partial charge in [0.15, 0.2) is 0 Å². The lowest BCUT2D eigenvalue weighted by Gasteiger charge is -2.24. The third kappa shape index (κ3) is 4.22. The van der Waals surface area contributed by atoms with Gasteiger partial charge >= 0.3 is 0 Å². The molecule has 1 aromatic rings. The van der Waals surface area contributed by atoms with Crippen molar-refractivity contribution in [2.75, 3.05) is 11.4 Å². The zero-order valence-electron chi connectivity index (χ0n) is 12.5. The van der Waals surface area contributed by atoms with E-state index in [2.05, 4.69) is 72.0 Å². The van der Waals surface area contributed by atoms with E-state index in [1.807, 2.05) is 0 Å². The fraction of sp³-hybridized carbons (Fsp3) is 0.625. The van der Waals surface area contributed by atoms with Crippen molar-refractivity contribution in [3.63, 3.8) is 0 Å². The maximum absolute atomic E-state index is 3.72. The molecule has 0 amide bonds. The lowest BCUT2D eigenvalue weighted by Crippen LogP contribution is -2.35. The van der Waals surface area contributed by atoms with Gasteiger partial charge in [0, 0.05) is 34.8 Å². The second kappa shape index (κ2) is 5.84. The average molecular weight is 325 g/mol. The van der Waals surface area contributed by atoms with Crippen LogP contribution in [0.4, 0.5) is 5.69 Å². The van der Waals surface area contributed by atoms with Crippen molar-refractivity contribution >= 4 is 21.6 Å². The predicted octanol–water partition coefficient (Wildman–Crippen LogP) is 4.33. The standard InChI is InChI=1S/C16H25BrN2/c1-5-19(13-8-9-13)14-7-6-12(15(17)10-14)11-18-16(2,3)4/h6-7,10,13,18H,5,8-9,11H2,1-4H3. The molecule has 0 unspecified atom stereocenters. The molecule has 0 atom stereocenters. The number of benzene rings is 1. The quantitative estimate of drug-likeness (QED) is 0.867. The SMILES string of the molecule is CCN(c1ccc(CNC(C)(C)C)c(Br)c1)C1CC1. The lowest BCUT2D eigenvalue weighted by atomic mass is 10.1. The van der Waals surface area contributed by atoms with Crippen LogP contribution < -0.4 is 10.2 Å². The summed E-state index contributed by atoms with van der Waals surface area (Å²) in [7, 11) is 0. The van der Waals surface area contributed by atoms with E-state index in [0.717, 1.165) is 19.1 Å².